The number of hydrogen-bond acceptors (Lipinski definition) is 19. The minimum Gasteiger partial charge on any atom is -0.481 e. The van der Waals surface area contributed by atoms with Crippen molar-refractivity contribution in [3.8, 4) is 0 Å². The van der Waals surface area contributed by atoms with E-state index in [2.05, 4.69) is 47.9 Å². The number of rotatable bonds is 43. The van der Waals surface area contributed by atoms with Crippen LogP contribution in [0.15, 0.2) is 30.3 Å². The Hall–Kier alpha value is -8.40. The molecule has 0 bridgehead atoms. The zero-order chi connectivity index (χ0) is 74.3. The van der Waals surface area contributed by atoms with Crippen LogP contribution in [-0.4, -0.2) is 261 Å². The lowest BCUT2D eigenvalue weighted by molar-refractivity contribution is -0.149. The first-order chi connectivity index (χ1) is 47.6. The number of hydrogen-bond donors (Lipinski definition) is 15. The van der Waals surface area contributed by atoms with Crippen molar-refractivity contribution in [2.45, 2.75) is 224 Å². The van der Waals surface area contributed by atoms with E-state index in [1.54, 1.807) is 71.9 Å². The summed E-state index contributed by atoms with van der Waals surface area (Å²) in [5.41, 5.74) is 11.9. The van der Waals surface area contributed by atoms with Gasteiger partial charge in [0, 0.05) is 32.6 Å². The molecule has 14 atom stereocenters. The van der Waals surface area contributed by atoms with Crippen LogP contribution in [0.5, 0.6) is 0 Å². The van der Waals surface area contributed by atoms with E-state index in [-0.39, 0.29) is 77.8 Å². The Labute approximate surface area is 584 Å². The number of carbonyl (C=O) groups excluding carboxylic acids is 12. The molecule has 560 valence electrons. The van der Waals surface area contributed by atoms with E-state index in [9.17, 15) is 87.5 Å². The Morgan fingerprint density at radius 3 is 1.62 bits per heavy atom. The van der Waals surface area contributed by atoms with Crippen molar-refractivity contribution in [3.05, 3.63) is 35.9 Å². The van der Waals surface area contributed by atoms with Gasteiger partial charge in [0.1, 0.15) is 66.5 Å². The molecule has 0 radical (unpaired) electrons. The van der Waals surface area contributed by atoms with Crippen LogP contribution in [0.2, 0.25) is 0 Å². The maximum Gasteiger partial charge on any atom is 0.326 e. The summed E-state index contributed by atoms with van der Waals surface area (Å²) in [6.45, 7) is 11.2. The summed E-state index contributed by atoms with van der Waals surface area (Å²) in [7, 11) is 0. The summed E-state index contributed by atoms with van der Waals surface area (Å²) in [5, 5.41) is 63.9. The molecule has 0 unspecified atom stereocenters. The Kier molecular flexibility index (Phi) is 35.8. The van der Waals surface area contributed by atoms with E-state index in [1.165, 1.54) is 21.6 Å². The van der Waals surface area contributed by atoms with Gasteiger partial charge in [0.15, 0.2) is 0 Å². The Morgan fingerprint density at radius 1 is 0.540 bits per heavy atom. The zero-order valence-corrected chi connectivity index (χ0v) is 58.8. The number of benzene rings is 1. The molecule has 3 saturated heterocycles. The second kappa shape index (κ2) is 42.6. The average Bonchev–Trinajstić information content (AvgIpc) is 1.64. The van der Waals surface area contributed by atoms with Gasteiger partial charge in [-0.15, -0.1) is 0 Å². The molecule has 0 aromatic heterocycles. The van der Waals surface area contributed by atoms with Gasteiger partial charge >= 0.3 is 11.9 Å². The molecule has 33 heteroatoms. The number of aliphatic hydroxyl groups excluding tert-OH is 2. The summed E-state index contributed by atoms with van der Waals surface area (Å²) >= 11 is 0. The molecule has 1 aromatic rings. The van der Waals surface area contributed by atoms with Crippen molar-refractivity contribution >= 4 is 82.8 Å². The highest BCUT2D eigenvalue weighted by Crippen LogP contribution is 2.28. The van der Waals surface area contributed by atoms with E-state index in [0.29, 0.717) is 63.6 Å². The standard InChI is InChI=1S/C67H109N15O18/c1-8-39(5)54(62(94)73-44(11-4)57(89)74-45(34-42-22-13-12-14-23-42)63(95)80-31-19-24-48(80)60(92)75-46(67(99)100)35-53(87)88)76-61(93)49-25-20-32-81(49)64(96)50-26-21-33-82(50)66(98)55(40(6)9-2)77-59(91)47(38-83)72-52(86)37-79(30-18-16-28-69)65(97)56(41(7)84)78-58(90)43(10-3)71-51(85)36-70-29-17-15-27-68/h12-14,22-23,39-41,43-50,54-56,70,83-84H,8-11,15-21,24-38,68-69H2,1-7H3,(H,71,85)(H,72,86)(H,73,94)(H,74,89)(H,75,92)(H,76,93)(H,77,91)(H,78,90)(H,87,88)(H,99,100)/t39-,40-,41-,43-,44-,45-,46-,47-,48+,49-,50-,54-,55-,56-/m0/s1. The molecular weight excluding hydrogens is 1300 g/mol. The first kappa shape index (κ1) is 84.0. The molecule has 3 aliphatic rings. The first-order valence-electron chi connectivity index (χ1n) is 35.1. The third-order valence-corrected chi connectivity index (χ3v) is 18.6. The second-order valence-corrected chi connectivity index (χ2v) is 26.0. The normalized spacial score (nSPS) is 19.1. The Bertz CT molecular complexity index is 2950. The number of unbranched alkanes of at least 4 members (excludes halogenated alkanes) is 2. The largest absolute Gasteiger partial charge is 0.481 e. The van der Waals surface area contributed by atoms with E-state index in [0.717, 1.165) is 17.7 Å². The highest BCUT2D eigenvalue weighted by atomic mass is 16.4. The highest BCUT2D eigenvalue weighted by molar-refractivity contribution is 6.00. The van der Waals surface area contributed by atoms with Crippen LogP contribution in [0.4, 0.5) is 0 Å². The lowest BCUT2D eigenvalue weighted by atomic mass is 9.96. The summed E-state index contributed by atoms with van der Waals surface area (Å²) in [4.78, 5) is 197. The smallest absolute Gasteiger partial charge is 0.326 e. The lowest BCUT2D eigenvalue weighted by Crippen LogP contribution is -2.61. The third kappa shape index (κ3) is 25.0. The number of aliphatic hydroxyl groups is 2. The van der Waals surface area contributed by atoms with Gasteiger partial charge in [-0.05, 0) is 121 Å². The van der Waals surface area contributed by atoms with Crippen molar-refractivity contribution < 1.29 is 87.5 Å². The van der Waals surface area contributed by atoms with Crippen LogP contribution >= 0.6 is 0 Å². The molecule has 3 heterocycles. The van der Waals surface area contributed by atoms with Crippen molar-refractivity contribution in [1.82, 2.24) is 67.5 Å². The van der Waals surface area contributed by atoms with Crippen molar-refractivity contribution in [3.63, 3.8) is 0 Å². The predicted octanol–water partition coefficient (Wildman–Crippen LogP) is -3.18. The molecule has 12 amide bonds. The van der Waals surface area contributed by atoms with Gasteiger partial charge < -0.3 is 99.3 Å². The Balaban J connectivity index is 1.46. The SMILES string of the molecule is CC[C@H](NC(=O)CNCCCCN)C(=O)N[C@H](C(=O)N(CCCCN)CC(=O)N[C@@H](CO)C(=O)N[C@H](C(=O)N1CCC[C@H]1C(=O)N1CCC[C@H]1C(=O)N[C@H](C(=O)N[C@@H](CC)C(=O)N[C@@H](Cc1ccccc1)C(=O)N1CCC[C@@H]1C(=O)N[C@@H](CC(=O)O)C(=O)O)[C@@H](C)CC)[C@@H](C)CC)[C@H](C)O. The molecule has 1 aromatic carbocycles. The Morgan fingerprint density at radius 2 is 1.05 bits per heavy atom. The summed E-state index contributed by atoms with van der Waals surface area (Å²) in [6.07, 6.45) is 2.22. The van der Waals surface area contributed by atoms with Gasteiger partial charge in [-0.1, -0.05) is 84.7 Å². The maximum absolute atomic E-state index is 14.8. The molecule has 0 spiro atoms. The number of carboxylic acid groups (broad SMARTS) is 2. The van der Waals surface area contributed by atoms with E-state index < -0.39 is 187 Å². The van der Waals surface area contributed by atoms with Gasteiger partial charge in [0.05, 0.1) is 32.2 Å². The first-order valence-corrected chi connectivity index (χ1v) is 35.1. The topological polar surface area (TPSA) is 493 Å². The number of amides is 12. The molecule has 0 saturated carbocycles. The van der Waals surface area contributed by atoms with Crippen LogP contribution in [0.25, 0.3) is 0 Å². The van der Waals surface area contributed by atoms with Crippen LogP contribution in [0, 0.1) is 11.8 Å². The molecular formula is C67H109N15O18. The molecule has 0 aliphatic carbocycles. The fraction of sp³-hybridized carbons (Fsp3) is 0.701. The summed E-state index contributed by atoms with van der Waals surface area (Å²) < 4.78 is 0. The zero-order valence-electron chi connectivity index (χ0n) is 58.8. The number of likely N-dealkylation sites (tertiary alicyclic amines) is 3. The minimum absolute atomic E-state index is 0.0123. The number of nitrogens with zero attached hydrogens (tertiary/aromatic N) is 4. The molecule has 17 N–H and O–H groups in total. The quantitative estimate of drug-likeness (QED) is 0.0287. The molecule has 100 heavy (non-hydrogen) atoms. The van der Waals surface area contributed by atoms with Gasteiger partial charge in [-0.25, -0.2) is 4.79 Å². The number of nitrogens with two attached hydrogens (primary N) is 2. The summed E-state index contributed by atoms with van der Waals surface area (Å²) in [5.74, 6) is -13.1. The highest BCUT2D eigenvalue weighted by Gasteiger charge is 2.46. The maximum atomic E-state index is 14.8. The van der Waals surface area contributed by atoms with Gasteiger partial charge in [-0.3, -0.25) is 62.3 Å². The van der Waals surface area contributed by atoms with E-state index in [1.807, 2.05) is 0 Å². The predicted molar refractivity (Wildman–Crippen MR) is 364 cm³/mol. The number of aliphatic carboxylic acids is 2. The molecule has 3 aliphatic heterocycles. The number of carbonyl (C=O) groups is 14. The van der Waals surface area contributed by atoms with Crippen molar-refractivity contribution in [2.24, 2.45) is 23.3 Å². The third-order valence-electron chi connectivity index (χ3n) is 18.6. The van der Waals surface area contributed by atoms with Crippen LogP contribution in [-0.2, 0) is 73.5 Å². The fourth-order valence-corrected chi connectivity index (χ4v) is 12.3. The minimum atomic E-state index is -1.77. The van der Waals surface area contributed by atoms with E-state index >= 15 is 0 Å². The van der Waals surface area contributed by atoms with Gasteiger partial charge in [-0.2, -0.15) is 0 Å². The van der Waals surface area contributed by atoms with Crippen molar-refractivity contribution in [2.75, 3.05) is 65.5 Å². The molecule has 33 nitrogen and oxygen atoms in total. The lowest BCUT2D eigenvalue weighted by Gasteiger charge is -2.35. The number of nitrogens with one attached hydrogen (secondary N) is 9. The van der Waals surface area contributed by atoms with Crippen molar-refractivity contribution in [1.29, 1.82) is 0 Å². The fourth-order valence-electron chi connectivity index (χ4n) is 12.3. The average molecular weight is 1410 g/mol. The molecule has 4 rings (SSSR count). The molecule has 3 fully saturated rings. The van der Waals surface area contributed by atoms with Gasteiger partial charge in [0.25, 0.3) is 0 Å². The van der Waals surface area contributed by atoms with Gasteiger partial charge in [0.2, 0.25) is 70.9 Å². The van der Waals surface area contributed by atoms with E-state index in [4.69, 9.17) is 11.5 Å². The summed E-state index contributed by atoms with van der Waals surface area (Å²) in [6, 6.07) is -5.94. The second-order valence-electron chi connectivity index (χ2n) is 26.0. The monoisotopic (exact) mass is 1410 g/mol. The van der Waals surface area contributed by atoms with Crippen LogP contribution in [0.3, 0.4) is 0 Å². The van der Waals surface area contributed by atoms with Crippen LogP contribution in [0.1, 0.15) is 150 Å². The van der Waals surface area contributed by atoms with Crippen LogP contribution < -0.4 is 59.3 Å². The number of carboxylic acids is 2.